The Bertz CT molecular complexity index is 1510. The molecule has 0 spiro atoms. The van der Waals surface area contributed by atoms with E-state index in [4.69, 9.17) is 9.40 Å². The van der Waals surface area contributed by atoms with Crippen LogP contribution in [-0.2, 0) is 11.3 Å². The second-order valence-electron chi connectivity index (χ2n) is 7.39. The van der Waals surface area contributed by atoms with E-state index in [0.717, 1.165) is 22.7 Å². The van der Waals surface area contributed by atoms with Gasteiger partial charge >= 0.3 is 0 Å². The number of nitrogens with zero attached hydrogens (tertiary/aromatic N) is 2. The van der Waals surface area contributed by atoms with E-state index in [1.165, 1.54) is 16.7 Å². The predicted octanol–water partition coefficient (Wildman–Crippen LogP) is 5.06. The predicted molar refractivity (Wildman–Crippen MR) is 127 cm³/mol. The van der Waals surface area contributed by atoms with Crippen LogP contribution in [0.3, 0.4) is 0 Å². The molecule has 0 atom stereocenters. The second-order valence-corrected chi connectivity index (χ2v) is 8.33. The summed E-state index contributed by atoms with van der Waals surface area (Å²) in [5.74, 6) is -0.512. The maximum absolute atomic E-state index is 13.4. The average Bonchev–Trinajstić information content (AvgIpc) is 3.21. The summed E-state index contributed by atoms with van der Waals surface area (Å²) in [4.78, 5) is 30.6. The van der Waals surface area contributed by atoms with E-state index in [9.17, 15) is 14.0 Å². The molecule has 0 aliphatic rings. The molecule has 2 aromatic heterocycles. The number of fused-ring (bicyclic) bond motifs is 3. The van der Waals surface area contributed by atoms with Gasteiger partial charge in [0.2, 0.25) is 11.5 Å². The summed E-state index contributed by atoms with van der Waals surface area (Å²) in [6.45, 7) is 0.168. The molecule has 2 heterocycles. The largest absolute Gasteiger partial charge is 0.448 e. The minimum absolute atomic E-state index is 0.0616. The van der Waals surface area contributed by atoms with Gasteiger partial charge in [-0.05, 0) is 42.0 Å². The third-order valence-electron chi connectivity index (χ3n) is 5.09. The summed E-state index contributed by atoms with van der Waals surface area (Å²) in [7, 11) is 0. The molecule has 0 unspecified atom stereocenters. The Kier molecular flexibility index (Phi) is 5.66. The fourth-order valence-corrected chi connectivity index (χ4v) is 4.32. The lowest BCUT2D eigenvalue weighted by Gasteiger charge is -2.12. The van der Waals surface area contributed by atoms with E-state index in [2.05, 4.69) is 5.32 Å². The molecule has 8 heteroatoms. The number of para-hydroxylation sites is 2. The smallest absolute Gasteiger partial charge is 0.298 e. The molecule has 1 amide bonds. The number of thioether (sulfide) groups is 1. The number of aromatic nitrogens is 2. The minimum atomic E-state index is -0.357. The number of rotatable bonds is 6. The van der Waals surface area contributed by atoms with Crippen LogP contribution in [-0.4, -0.2) is 21.2 Å². The topological polar surface area (TPSA) is 77.1 Å². The molecule has 0 fully saturated rings. The van der Waals surface area contributed by atoms with E-state index in [0.29, 0.717) is 21.9 Å². The van der Waals surface area contributed by atoms with Crippen molar-refractivity contribution in [3.05, 3.63) is 101 Å². The van der Waals surface area contributed by atoms with Gasteiger partial charge in [0.25, 0.3) is 5.56 Å². The van der Waals surface area contributed by atoms with Crippen LogP contribution >= 0.6 is 11.8 Å². The van der Waals surface area contributed by atoms with E-state index >= 15 is 0 Å². The van der Waals surface area contributed by atoms with Crippen LogP contribution in [0.25, 0.3) is 22.1 Å². The Morgan fingerprint density at radius 1 is 1.00 bits per heavy atom. The SMILES string of the molecule is O=C(CSc1nc2c(oc3ccccc32)c(=O)n1Cc1ccc(F)cc1)Nc1ccccc1. The molecule has 0 saturated carbocycles. The van der Waals surface area contributed by atoms with E-state index in [-0.39, 0.29) is 35.2 Å². The van der Waals surface area contributed by atoms with E-state index < -0.39 is 0 Å². The summed E-state index contributed by atoms with van der Waals surface area (Å²) in [5.41, 5.74) is 2.23. The number of anilines is 1. The first-order valence-corrected chi connectivity index (χ1v) is 11.2. The lowest BCUT2D eigenvalue weighted by atomic mass is 10.2. The van der Waals surface area contributed by atoms with Gasteiger partial charge in [-0.3, -0.25) is 14.2 Å². The molecule has 0 saturated heterocycles. The van der Waals surface area contributed by atoms with Crippen LogP contribution in [0.5, 0.6) is 0 Å². The number of carbonyl (C=O) groups excluding carboxylic acids is 1. The van der Waals surface area contributed by atoms with Crippen LogP contribution in [0.1, 0.15) is 5.56 Å². The average molecular weight is 460 g/mol. The zero-order valence-electron chi connectivity index (χ0n) is 17.3. The van der Waals surface area contributed by atoms with Crippen molar-refractivity contribution >= 4 is 45.4 Å². The van der Waals surface area contributed by atoms with Crippen LogP contribution < -0.4 is 10.9 Å². The van der Waals surface area contributed by atoms with Gasteiger partial charge in [-0.15, -0.1) is 0 Å². The highest BCUT2D eigenvalue weighted by Crippen LogP contribution is 2.27. The number of carbonyl (C=O) groups is 1. The van der Waals surface area contributed by atoms with Crippen molar-refractivity contribution < 1.29 is 13.6 Å². The summed E-state index contributed by atoms with van der Waals surface area (Å²) >= 11 is 1.16. The van der Waals surface area contributed by atoms with E-state index in [1.807, 2.05) is 36.4 Å². The van der Waals surface area contributed by atoms with Crippen LogP contribution in [0.2, 0.25) is 0 Å². The molecule has 0 aliphatic heterocycles. The molecule has 5 rings (SSSR count). The normalized spacial score (nSPS) is 11.2. The lowest BCUT2D eigenvalue weighted by molar-refractivity contribution is -0.113. The molecule has 6 nitrogen and oxygen atoms in total. The molecule has 164 valence electrons. The number of hydrogen-bond donors (Lipinski definition) is 1. The second kappa shape index (κ2) is 8.91. The zero-order valence-corrected chi connectivity index (χ0v) is 18.1. The fourth-order valence-electron chi connectivity index (χ4n) is 3.52. The van der Waals surface area contributed by atoms with Gasteiger partial charge in [0.05, 0.1) is 12.3 Å². The molecule has 0 bridgehead atoms. The van der Waals surface area contributed by atoms with Gasteiger partial charge in [-0.25, -0.2) is 9.37 Å². The Labute approximate surface area is 192 Å². The third-order valence-corrected chi connectivity index (χ3v) is 6.07. The Hall–Kier alpha value is -3.91. The van der Waals surface area contributed by atoms with Crippen molar-refractivity contribution in [1.29, 1.82) is 0 Å². The molecule has 1 N–H and O–H groups in total. The highest BCUT2D eigenvalue weighted by molar-refractivity contribution is 7.99. The Morgan fingerprint density at radius 2 is 1.73 bits per heavy atom. The summed E-state index contributed by atoms with van der Waals surface area (Å²) in [5, 5.41) is 3.94. The number of furan rings is 1. The number of benzene rings is 3. The maximum atomic E-state index is 13.4. The number of nitrogens with one attached hydrogen (secondary N) is 1. The molecular weight excluding hydrogens is 441 g/mol. The number of halogens is 1. The molecular formula is C25H18FN3O3S. The molecule has 0 aliphatic carbocycles. The van der Waals surface area contributed by atoms with Crippen molar-refractivity contribution in [3.8, 4) is 0 Å². The summed E-state index contributed by atoms with van der Waals surface area (Å²) in [6.07, 6.45) is 0. The first kappa shape index (κ1) is 21.0. The van der Waals surface area contributed by atoms with Crippen molar-refractivity contribution in [3.63, 3.8) is 0 Å². The Balaban J connectivity index is 1.52. The van der Waals surface area contributed by atoms with Gasteiger partial charge in [-0.1, -0.05) is 54.2 Å². The van der Waals surface area contributed by atoms with E-state index in [1.54, 1.807) is 30.3 Å². The van der Waals surface area contributed by atoms with Crippen LogP contribution in [0.4, 0.5) is 10.1 Å². The maximum Gasteiger partial charge on any atom is 0.298 e. The van der Waals surface area contributed by atoms with Gasteiger partial charge in [0.1, 0.15) is 16.9 Å². The highest BCUT2D eigenvalue weighted by atomic mass is 32.2. The quantitative estimate of drug-likeness (QED) is 0.284. The lowest BCUT2D eigenvalue weighted by Crippen LogP contribution is -2.24. The van der Waals surface area contributed by atoms with Crippen molar-refractivity contribution in [2.24, 2.45) is 0 Å². The first-order chi connectivity index (χ1) is 16.1. The van der Waals surface area contributed by atoms with Crippen molar-refractivity contribution in [1.82, 2.24) is 9.55 Å². The van der Waals surface area contributed by atoms with Crippen molar-refractivity contribution in [2.45, 2.75) is 11.7 Å². The molecule has 5 aromatic rings. The van der Waals surface area contributed by atoms with Gasteiger partial charge in [0, 0.05) is 11.1 Å². The standard InChI is InChI=1S/C25H18FN3O3S/c26-17-12-10-16(11-13-17)14-29-24(31)23-22(19-8-4-5-9-20(19)32-23)28-25(29)33-15-21(30)27-18-6-2-1-3-7-18/h1-13H,14-15H2,(H,27,30). The minimum Gasteiger partial charge on any atom is -0.448 e. The molecule has 33 heavy (non-hydrogen) atoms. The zero-order chi connectivity index (χ0) is 22.8. The van der Waals surface area contributed by atoms with Crippen molar-refractivity contribution in [2.75, 3.05) is 11.1 Å². The number of amides is 1. The third kappa shape index (κ3) is 4.38. The number of hydrogen-bond acceptors (Lipinski definition) is 5. The van der Waals surface area contributed by atoms with Crippen LogP contribution in [0, 0.1) is 5.82 Å². The Morgan fingerprint density at radius 3 is 2.52 bits per heavy atom. The van der Waals surface area contributed by atoms with Crippen LogP contribution in [0.15, 0.2) is 93.2 Å². The molecule has 0 radical (unpaired) electrons. The monoisotopic (exact) mass is 459 g/mol. The summed E-state index contributed by atoms with van der Waals surface area (Å²) < 4.78 is 20.6. The van der Waals surface area contributed by atoms with Gasteiger partial charge in [-0.2, -0.15) is 0 Å². The highest BCUT2D eigenvalue weighted by Gasteiger charge is 2.19. The van der Waals surface area contributed by atoms with Gasteiger partial charge in [0.15, 0.2) is 5.16 Å². The van der Waals surface area contributed by atoms with Gasteiger partial charge < -0.3 is 9.73 Å². The summed E-state index contributed by atoms with van der Waals surface area (Å²) in [6, 6.07) is 22.3. The fraction of sp³-hybridized carbons (Fsp3) is 0.0800. The first-order valence-electron chi connectivity index (χ1n) is 10.2. The molecule has 3 aromatic carbocycles.